The Balaban J connectivity index is 2.60. The summed E-state index contributed by atoms with van der Waals surface area (Å²) in [5, 5.41) is 0. The minimum Gasteiger partial charge on any atom is -0.448 e. The van der Waals surface area contributed by atoms with Crippen LogP contribution in [0.5, 0.6) is 0 Å². The zero-order chi connectivity index (χ0) is 9.90. The Hall–Kier alpha value is -0.775. The van der Waals surface area contributed by atoms with Gasteiger partial charge in [-0.1, -0.05) is 12.1 Å². The van der Waals surface area contributed by atoms with Gasteiger partial charge in [0.25, 0.3) is 0 Å². The highest BCUT2D eigenvalue weighted by molar-refractivity contribution is 8.00. The molecular formula is C7H8BF3NS-. The van der Waals surface area contributed by atoms with Crippen LogP contribution < -0.4 is 5.73 Å². The fraction of sp³-hybridized carbons (Fsp3) is 0.143. The summed E-state index contributed by atoms with van der Waals surface area (Å²) >= 11 is 0.732. The Bertz CT molecular complexity index is 289. The van der Waals surface area contributed by atoms with Gasteiger partial charge in [0, 0.05) is 10.6 Å². The van der Waals surface area contributed by atoms with Gasteiger partial charge in [-0.05, 0) is 17.8 Å². The first-order chi connectivity index (χ1) is 5.99. The summed E-state index contributed by atoms with van der Waals surface area (Å²) in [7, 11) is 0. The molecule has 0 heterocycles. The smallest absolute Gasteiger partial charge is 0.448 e. The summed E-state index contributed by atoms with van der Waals surface area (Å²) in [5.41, 5.74) is 5.03. The van der Waals surface area contributed by atoms with Crippen molar-refractivity contribution in [1.82, 2.24) is 0 Å². The molecular weight excluding hydrogens is 198 g/mol. The van der Waals surface area contributed by atoms with E-state index >= 15 is 0 Å². The van der Waals surface area contributed by atoms with Crippen LogP contribution in [0.1, 0.15) is 0 Å². The van der Waals surface area contributed by atoms with Crippen LogP contribution in [0.3, 0.4) is 0 Å². The lowest BCUT2D eigenvalue weighted by atomic mass is 9.98. The minimum atomic E-state index is -4.74. The average molecular weight is 206 g/mol. The Morgan fingerprint density at radius 3 is 2.38 bits per heavy atom. The summed E-state index contributed by atoms with van der Waals surface area (Å²) in [6.07, 6.45) is 0. The van der Waals surface area contributed by atoms with Gasteiger partial charge in [-0.3, -0.25) is 0 Å². The number of hydrogen-bond donors (Lipinski definition) is 1. The molecule has 72 valence electrons. The fourth-order valence-electron chi connectivity index (χ4n) is 0.796. The van der Waals surface area contributed by atoms with Crippen LogP contribution in [0.4, 0.5) is 18.6 Å². The second-order valence-electron chi connectivity index (χ2n) is 2.56. The second-order valence-corrected chi connectivity index (χ2v) is 3.62. The summed E-state index contributed by atoms with van der Waals surface area (Å²) < 4.78 is 35.6. The van der Waals surface area contributed by atoms with Crippen LogP contribution >= 0.6 is 11.8 Å². The molecule has 2 N–H and O–H groups in total. The molecule has 0 amide bonds. The van der Waals surface area contributed by atoms with Gasteiger partial charge in [-0.15, -0.1) is 0 Å². The first-order valence-corrected chi connectivity index (χ1v) is 4.66. The van der Waals surface area contributed by atoms with Crippen LogP contribution in [0, 0.1) is 0 Å². The van der Waals surface area contributed by atoms with Crippen LogP contribution in [0.25, 0.3) is 0 Å². The topological polar surface area (TPSA) is 26.0 Å². The quantitative estimate of drug-likeness (QED) is 0.467. The molecule has 0 aliphatic heterocycles. The molecule has 0 saturated carbocycles. The van der Waals surface area contributed by atoms with E-state index in [1.807, 2.05) is 0 Å². The van der Waals surface area contributed by atoms with Crippen molar-refractivity contribution in [3.63, 3.8) is 0 Å². The molecule has 0 aliphatic carbocycles. The molecule has 0 bridgehead atoms. The lowest BCUT2D eigenvalue weighted by Crippen LogP contribution is -2.19. The maximum Gasteiger partial charge on any atom is 0.488 e. The number of hydrogen-bond acceptors (Lipinski definition) is 2. The summed E-state index contributed by atoms with van der Waals surface area (Å²) in [6.45, 7) is -4.74. The molecule has 6 heteroatoms. The number of nitrogens with two attached hydrogens (primary N) is 1. The maximum absolute atomic E-state index is 11.9. The van der Waals surface area contributed by atoms with Crippen molar-refractivity contribution in [2.75, 3.05) is 11.4 Å². The van der Waals surface area contributed by atoms with Crippen molar-refractivity contribution in [3.05, 3.63) is 24.3 Å². The van der Waals surface area contributed by atoms with Gasteiger partial charge in [-0.2, -0.15) is 11.8 Å². The second kappa shape index (κ2) is 3.96. The predicted octanol–water partition coefficient (Wildman–Crippen LogP) is 2.75. The first-order valence-electron chi connectivity index (χ1n) is 3.67. The van der Waals surface area contributed by atoms with Crippen molar-refractivity contribution < 1.29 is 12.9 Å². The van der Waals surface area contributed by atoms with E-state index in [1.54, 1.807) is 24.3 Å². The highest BCUT2D eigenvalue weighted by atomic mass is 32.2. The predicted molar refractivity (Wildman–Crippen MR) is 50.7 cm³/mol. The van der Waals surface area contributed by atoms with Crippen molar-refractivity contribution in [3.8, 4) is 0 Å². The van der Waals surface area contributed by atoms with E-state index in [-0.39, 0.29) is 0 Å². The summed E-state index contributed by atoms with van der Waals surface area (Å²) in [5.74, 6) is 0. The van der Waals surface area contributed by atoms with Crippen molar-refractivity contribution in [1.29, 1.82) is 0 Å². The molecule has 0 spiro atoms. The van der Waals surface area contributed by atoms with E-state index in [4.69, 9.17) is 5.73 Å². The van der Waals surface area contributed by atoms with Crippen LogP contribution in [-0.2, 0) is 0 Å². The lowest BCUT2D eigenvalue weighted by molar-refractivity contribution is 0.485. The Kier molecular flexibility index (Phi) is 3.14. The number of para-hydroxylation sites is 1. The third-order valence-electron chi connectivity index (χ3n) is 1.35. The summed E-state index contributed by atoms with van der Waals surface area (Å²) in [4.78, 5) is 0.488. The highest BCUT2D eigenvalue weighted by Crippen LogP contribution is 2.28. The Labute approximate surface area is 78.6 Å². The third-order valence-corrected chi connectivity index (χ3v) is 2.57. The third kappa shape index (κ3) is 3.63. The van der Waals surface area contributed by atoms with E-state index in [0.717, 1.165) is 11.8 Å². The molecule has 0 saturated heterocycles. The SMILES string of the molecule is Nc1ccccc1SC[B-](F)(F)F. The van der Waals surface area contributed by atoms with Gasteiger partial charge in [0.2, 0.25) is 0 Å². The summed E-state index contributed by atoms with van der Waals surface area (Å²) in [6, 6.07) is 6.54. The van der Waals surface area contributed by atoms with E-state index in [0.29, 0.717) is 10.6 Å². The molecule has 0 radical (unpaired) electrons. The molecule has 0 atom stereocenters. The standard InChI is InChI=1S/C7H8BF3NS/c9-8(10,11)5-13-7-4-2-1-3-6(7)12/h1-4H,5,12H2/q-1. The van der Waals surface area contributed by atoms with E-state index in [1.165, 1.54) is 0 Å². The molecule has 1 aromatic carbocycles. The molecule has 13 heavy (non-hydrogen) atoms. The molecule has 0 unspecified atom stereocenters. The normalized spacial score (nSPS) is 11.6. The number of rotatable bonds is 3. The van der Waals surface area contributed by atoms with Crippen molar-refractivity contribution in [2.45, 2.75) is 4.90 Å². The van der Waals surface area contributed by atoms with Gasteiger partial charge in [-0.25, -0.2) is 0 Å². The molecule has 0 aromatic heterocycles. The maximum atomic E-state index is 11.9. The molecule has 0 aliphatic rings. The number of benzene rings is 1. The van der Waals surface area contributed by atoms with Crippen LogP contribution in [0.15, 0.2) is 29.2 Å². The number of nitrogen functional groups attached to an aromatic ring is 1. The largest absolute Gasteiger partial charge is 0.488 e. The zero-order valence-corrected chi connectivity index (χ0v) is 7.53. The fourth-order valence-corrected chi connectivity index (χ4v) is 1.57. The van der Waals surface area contributed by atoms with Gasteiger partial charge < -0.3 is 18.7 Å². The average Bonchev–Trinajstić information content (AvgIpc) is 2.01. The van der Waals surface area contributed by atoms with Gasteiger partial charge >= 0.3 is 6.98 Å². The molecule has 1 aromatic rings. The Morgan fingerprint density at radius 2 is 1.85 bits per heavy atom. The molecule has 1 nitrogen and oxygen atoms in total. The number of anilines is 1. The van der Waals surface area contributed by atoms with Gasteiger partial charge in [0.15, 0.2) is 0 Å². The van der Waals surface area contributed by atoms with Crippen molar-refractivity contribution >= 4 is 24.4 Å². The minimum absolute atomic E-state index is 0.396. The Morgan fingerprint density at radius 1 is 1.23 bits per heavy atom. The van der Waals surface area contributed by atoms with E-state index in [9.17, 15) is 12.9 Å². The van der Waals surface area contributed by atoms with Crippen LogP contribution in [-0.4, -0.2) is 12.6 Å². The van der Waals surface area contributed by atoms with Gasteiger partial charge in [0.05, 0.1) is 0 Å². The van der Waals surface area contributed by atoms with Crippen molar-refractivity contribution in [2.24, 2.45) is 0 Å². The van der Waals surface area contributed by atoms with Crippen LogP contribution in [0.2, 0.25) is 0 Å². The van der Waals surface area contributed by atoms with E-state index < -0.39 is 12.6 Å². The highest BCUT2D eigenvalue weighted by Gasteiger charge is 2.22. The van der Waals surface area contributed by atoms with Gasteiger partial charge in [0.1, 0.15) is 0 Å². The van der Waals surface area contributed by atoms with E-state index in [2.05, 4.69) is 0 Å². The lowest BCUT2D eigenvalue weighted by Gasteiger charge is -2.13. The zero-order valence-electron chi connectivity index (χ0n) is 6.71. The number of halogens is 3. The molecule has 0 fully saturated rings. The first kappa shape index (κ1) is 10.3. The molecule has 1 rings (SSSR count). The number of thioether (sulfide) groups is 1. The monoisotopic (exact) mass is 206 g/mol.